The lowest BCUT2D eigenvalue weighted by Crippen LogP contribution is -2.39. The number of amides is 1. The number of nitrogens with two attached hydrogens (primary N) is 2. The monoisotopic (exact) mass is 292 g/mol. The van der Waals surface area contributed by atoms with E-state index in [2.05, 4.69) is 9.88 Å². The van der Waals surface area contributed by atoms with Crippen molar-refractivity contribution in [2.75, 3.05) is 31.1 Å². The Balaban J connectivity index is 1.99. The van der Waals surface area contributed by atoms with Crippen molar-refractivity contribution >= 4 is 11.7 Å². The Bertz CT molecular complexity index is 485. The second-order valence-corrected chi connectivity index (χ2v) is 5.39. The van der Waals surface area contributed by atoms with Gasteiger partial charge in [-0.15, -0.1) is 0 Å². The lowest BCUT2D eigenvalue weighted by atomic mass is 10.1. The molecule has 6 nitrogen and oxygen atoms in total. The molecule has 0 spiro atoms. The smallest absolute Gasteiger partial charge is 0.252 e. The summed E-state index contributed by atoms with van der Waals surface area (Å²) in [5, 5.41) is 0. The van der Waals surface area contributed by atoms with Crippen LogP contribution in [0.4, 0.5) is 5.82 Å². The van der Waals surface area contributed by atoms with Crippen LogP contribution in [0.15, 0.2) is 12.1 Å². The molecule has 0 radical (unpaired) electrons. The molecular weight excluding hydrogens is 268 g/mol. The summed E-state index contributed by atoms with van der Waals surface area (Å²) in [7, 11) is 0. The summed E-state index contributed by atoms with van der Waals surface area (Å²) in [6.07, 6.45) is 3.03. The zero-order valence-corrected chi connectivity index (χ0v) is 12.5. The number of piperidine rings is 1. The van der Waals surface area contributed by atoms with E-state index in [0.29, 0.717) is 17.9 Å². The van der Waals surface area contributed by atoms with E-state index >= 15 is 0 Å². The standard InChI is InChI=1S/C15H24N4O2/c1-11-3-4-13(14(17)20)15(18-11)19-8-5-12(6-9-19)21-10-2-7-16/h3-4,12H,2,5-10,16H2,1H3,(H2,17,20). The third kappa shape index (κ3) is 4.15. The second kappa shape index (κ2) is 7.38. The van der Waals surface area contributed by atoms with Gasteiger partial charge in [-0.3, -0.25) is 4.79 Å². The lowest BCUT2D eigenvalue weighted by molar-refractivity contribution is 0.0365. The van der Waals surface area contributed by atoms with Gasteiger partial charge in [0.15, 0.2) is 0 Å². The van der Waals surface area contributed by atoms with Crippen molar-refractivity contribution < 1.29 is 9.53 Å². The number of ether oxygens (including phenoxy) is 1. The second-order valence-electron chi connectivity index (χ2n) is 5.39. The molecule has 1 saturated heterocycles. The summed E-state index contributed by atoms with van der Waals surface area (Å²) in [6, 6.07) is 3.57. The molecular formula is C15H24N4O2. The average Bonchev–Trinajstić information content (AvgIpc) is 2.48. The third-order valence-electron chi connectivity index (χ3n) is 3.72. The summed E-state index contributed by atoms with van der Waals surface area (Å²) >= 11 is 0. The van der Waals surface area contributed by atoms with Gasteiger partial charge in [-0.2, -0.15) is 0 Å². The fraction of sp³-hybridized carbons (Fsp3) is 0.600. The molecule has 1 aliphatic rings. The zero-order chi connectivity index (χ0) is 15.2. The van der Waals surface area contributed by atoms with Crippen molar-refractivity contribution in [3.8, 4) is 0 Å². The van der Waals surface area contributed by atoms with E-state index in [4.69, 9.17) is 16.2 Å². The zero-order valence-electron chi connectivity index (χ0n) is 12.5. The Morgan fingerprint density at radius 2 is 2.14 bits per heavy atom. The number of hydrogen-bond donors (Lipinski definition) is 2. The van der Waals surface area contributed by atoms with Crippen LogP contribution in [-0.4, -0.2) is 43.2 Å². The Labute approximate surface area is 125 Å². The highest BCUT2D eigenvalue weighted by Gasteiger charge is 2.23. The Morgan fingerprint density at radius 3 is 2.76 bits per heavy atom. The molecule has 4 N–H and O–H groups in total. The van der Waals surface area contributed by atoms with Gasteiger partial charge in [-0.05, 0) is 44.9 Å². The molecule has 0 unspecified atom stereocenters. The van der Waals surface area contributed by atoms with E-state index in [0.717, 1.165) is 44.7 Å². The highest BCUT2D eigenvalue weighted by molar-refractivity contribution is 5.97. The van der Waals surface area contributed by atoms with Crippen molar-refractivity contribution in [2.45, 2.75) is 32.3 Å². The van der Waals surface area contributed by atoms with Crippen LogP contribution in [0.1, 0.15) is 35.3 Å². The van der Waals surface area contributed by atoms with E-state index in [-0.39, 0.29) is 6.10 Å². The molecule has 1 amide bonds. The van der Waals surface area contributed by atoms with Crippen LogP contribution in [0.5, 0.6) is 0 Å². The van der Waals surface area contributed by atoms with Crippen molar-refractivity contribution in [1.82, 2.24) is 4.98 Å². The molecule has 6 heteroatoms. The fourth-order valence-electron chi connectivity index (χ4n) is 2.54. The van der Waals surface area contributed by atoms with Crippen LogP contribution in [-0.2, 0) is 4.74 Å². The first kappa shape index (κ1) is 15.7. The largest absolute Gasteiger partial charge is 0.378 e. The number of carbonyl (C=O) groups excluding carboxylic acids is 1. The van der Waals surface area contributed by atoms with Gasteiger partial charge < -0.3 is 21.1 Å². The number of primary amides is 1. The predicted molar refractivity (Wildman–Crippen MR) is 82.4 cm³/mol. The van der Waals surface area contributed by atoms with Crippen molar-refractivity contribution in [3.63, 3.8) is 0 Å². The van der Waals surface area contributed by atoms with Gasteiger partial charge in [0.25, 0.3) is 5.91 Å². The first-order chi connectivity index (χ1) is 10.1. The first-order valence-electron chi connectivity index (χ1n) is 7.46. The molecule has 116 valence electrons. The van der Waals surface area contributed by atoms with E-state index in [1.807, 2.05) is 13.0 Å². The summed E-state index contributed by atoms with van der Waals surface area (Å²) in [5.74, 6) is 0.265. The van der Waals surface area contributed by atoms with E-state index in [1.165, 1.54) is 0 Å². The minimum atomic E-state index is -0.432. The van der Waals surface area contributed by atoms with Gasteiger partial charge in [0, 0.05) is 25.4 Å². The van der Waals surface area contributed by atoms with Gasteiger partial charge in [0.2, 0.25) is 0 Å². The lowest BCUT2D eigenvalue weighted by Gasteiger charge is -2.33. The summed E-state index contributed by atoms with van der Waals surface area (Å²) in [5.41, 5.74) is 12.3. The number of carbonyl (C=O) groups is 1. The molecule has 2 rings (SSSR count). The molecule has 1 aromatic rings. The highest BCUT2D eigenvalue weighted by atomic mass is 16.5. The van der Waals surface area contributed by atoms with Gasteiger partial charge in [-0.1, -0.05) is 0 Å². The number of hydrogen-bond acceptors (Lipinski definition) is 5. The molecule has 1 fully saturated rings. The van der Waals surface area contributed by atoms with Gasteiger partial charge in [0.1, 0.15) is 5.82 Å². The fourth-order valence-corrected chi connectivity index (χ4v) is 2.54. The van der Waals surface area contributed by atoms with Gasteiger partial charge in [0.05, 0.1) is 11.7 Å². The topological polar surface area (TPSA) is 94.5 Å². The highest BCUT2D eigenvalue weighted by Crippen LogP contribution is 2.23. The summed E-state index contributed by atoms with van der Waals surface area (Å²) < 4.78 is 5.79. The first-order valence-corrected chi connectivity index (χ1v) is 7.46. The number of nitrogens with zero attached hydrogens (tertiary/aromatic N) is 2. The van der Waals surface area contributed by atoms with Crippen LogP contribution >= 0.6 is 0 Å². The summed E-state index contributed by atoms with van der Waals surface area (Å²) in [4.78, 5) is 18.1. The normalized spacial score (nSPS) is 16.2. The maximum Gasteiger partial charge on any atom is 0.252 e. The molecule has 0 atom stereocenters. The number of rotatable bonds is 6. The Morgan fingerprint density at radius 1 is 1.43 bits per heavy atom. The molecule has 1 aromatic heterocycles. The van der Waals surface area contributed by atoms with Crippen LogP contribution in [0.3, 0.4) is 0 Å². The van der Waals surface area contributed by atoms with Gasteiger partial charge in [-0.25, -0.2) is 4.98 Å². The molecule has 0 bridgehead atoms. The summed E-state index contributed by atoms with van der Waals surface area (Å²) in [6.45, 7) is 4.94. The molecule has 21 heavy (non-hydrogen) atoms. The minimum Gasteiger partial charge on any atom is -0.378 e. The SMILES string of the molecule is Cc1ccc(C(N)=O)c(N2CCC(OCCCN)CC2)n1. The number of aryl methyl sites for hydroxylation is 1. The Hall–Kier alpha value is -1.66. The van der Waals surface area contributed by atoms with Crippen LogP contribution < -0.4 is 16.4 Å². The molecule has 1 aliphatic heterocycles. The third-order valence-corrected chi connectivity index (χ3v) is 3.72. The van der Waals surface area contributed by atoms with Crippen molar-refractivity contribution in [1.29, 1.82) is 0 Å². The van der Waals surface area contributed by atoms with E-state index in [9.17, 15) is 4.79 Å². The van der Waals surface area contributed by atoms with Crippen LogP contribution in [0, 0.1) is 6.92 Å². The quantitative estimate of drug-likeness (QED) is 0.757. The number of aromatic nitrogens is 1. The Kier molecular flexibility index (Phi) is 5.52. The maximum atomic E-state index is 11.5. The maximum absolute atomic E-state index is 11.5. The van der Waals surface area contributed by atoms with E-state index < -0.39 is 5.91 Å². The van der Waals surface area contributed by atoms with Crippen molar-refractivity contribution in [3.05, 3.63) is 23.4 Å². The van der Waals surface area contributed by atoms with Crippen LogP contribution in [0.25, 0.3) is 0 Å². The minimum absolute atomic E-state index is 0.273. The molecule has 0 saturated carbocycles. The van der Waals surface area contributed by atoms with Crippen molar-refractivity contribution in [2.24, 2.45) is 11.5 Å². The number of pyridine rings is 1. The van der Waals surface area contributed by atoms with E-state index in [1.54, 1.807) is 6.07 Å². The molecule has 2 heterocycles. The number of anilines is 1. The predicted octanol–water partition coefficient (Wildman–Crippen LogP) is 0.823. The average molecular weight is 292 g/mol. The molecule has 0 aromatic carbocycles. The van der Waals surface area contributed by atoms with Crippen LogP contribution in [0.2, 0.25) is 0 Å². The molecule has 0 aliphatic carbocycles. The van der Waals surface area contributed by atoms with Gasteiger partial charge >= 0.3 is 0 Å².